The van der Waals surface area contributed by atoms with E-state index in [-0.39, 0.29) is 0 Å². The predicted molar refractivity (Wildman–Crippen MR) is 112 cm³/mol. The first kappa shape index (κ1) is 20.6. The van der Waals surface area contributed by atoms with E-state index in [4.69, 9.17) is 4.74 Å². The van der Waals surface area contributed by atoms with Gasteiger partial charge in [-0.15, -0.1) is 5.10 Å². The molecule has 0 spiro atoms. The minimum atomic E-state index is -0.925. The van der Waals surface area contributed by atoms with Crippen LogP contribution in [0.1, 0.15) is 48.9 Å². The monoisotopic (exact) mass is 393 g/mol. The lowest BCUT2D eigenvalue weighted by Gasteiger charge is -2.09. The molecule has 0 unspecified atom stereocenters. The largest absolute Gasteiger partial charge is 0.478 e. The summed E-state index contributed by atoms with van der Waals surface area (Å²) in [4.78, 5) is 16.0. The maximum atomic E-state index is 11.5. The number of carboxylic acids is 1. The molecule has 0 saturated carbocycles. The van der Waals surface area contributed by atoms with Gasteiger partial charge in [-0.1, -0.05) is 56.3 Å². The van der Waals surface area contributed by atoms with Gasteiger partial charge in [0.25, 0.3) is 0 Å². The summed E-state index contributed by atoms with van der Waals surface area (Å²) in [5.74, 6) is 0.523. The first-order chi connectivity index (χ1) is 14.0. The predicted octanol–water partition coefficient (Wildman–Crippen LogP) is 4.68. The van der Waals surface area contributed by atoms with Crippen molar-refractivity contribution in [3.8, 4) is 17.1 Å². The molecule has 0 radical (unpaired) electrons. The summed E-state index contributed by atoms with van der Waals surface area (Å²) in [5, 5.41) is 13.9. The van der Waals surface area contributed by atoms with E-state index in [0.29, 0.717) is 36.1 Å². The molecule has 3 aromatic rings. The molecular formula is C23H27N3O3. The van der Waals surface area contributed by atoms with Gasteiger partial charge in [0.2, 0.25) is 0 Å². The molecule has 0 saturated heterocycles. The molecule has 0 fully saturated rings. The molecule has 1 aromatic heterocycles. The third-order valence-electron chi connectivity index (χ3n) is 4.71. The highest BCUT2D eigenvalue weighted by Gasteiger charge is 2.14. The van der Waals surface area contributed by atoms with Crippen LogP contribution in [-0.4, -0.2) is 32.4 Å². The molecule has 1 heterocycles. The van der Waals surface area contributed by atoms with Crippen LogP contribution in [0.3, 0.4) is 0 Å². The van der Waals surface area contributed by atoms with Crippen molar-refractivity contribution in [3.63, 3.8) is 0 Å². The number of hydrogen-bond donors (Lipinski definition) is 1. The van der Waals surface area contributed by atoms with Crippen molar-refractivity contribution in [2.24, 2.45) is 5.92 Å². The fourth-order valence-corrected chi connectivity index (χ4v) is 3.14. The molecule has 29 heavy (non-hydrogen) atoms. The first-order valence-corrected chi connectivity index (χ1v) is 9.96. The number of rotatable bonds is 9. The lowest BCUT2D eigenvalue weighted by Crippen LogP contribution is -2.08. The standard InChI is InChI=1S/C23H27N3O3/c1-4-29-23-24-21(26(25-23)14-13-16(2)3)15-17-9-11-18(12-10-17)19-7-5-6-8-20(19)22(27)28/h5-12,16H,4,13-15H2,1-3H3,(H,27,28). The summed E-state index contributed by atoms with van der Waals surface area (Å²) < 4.78 is 7.41. The number of ether oxygens (including phenoxy) is 1. The third-order valence-corrected chi connectivity index (χ3v) is 4.71. The van der Waals surface area contributed by atoms with Crippen LogP contribution in [0.25, 0.3) is 11.1 Å². The lowest BCUT2D eigenvalue weighted by atomic mass is 9.98. The van der Waals surface area contributed by atoms with Gasteiger partial charge >= 0.3 is 12.0 Å². The van der Waals surface area contributed by atoms with Gasteiger partial charge in [-0.25, -0.2) is 9.48 Å². The maximum Gasteiger partial charge on any atom is 0.336 e. The Morgan fingerprint density at radius 1 is 1.14 bits per heavy atom. The van der Waals surface area contributed by atoms with Gasteiger partial charge in [-0.2, -0.15) is 4.98 Å². The van der Waals surface area contributed by atoms with Gasteiger partial charge in [0.05, 0.1) is 12.2 Å². The Kier molecular flexibility index (Phi) is 6.65. The van der Waals surface area contributed by atoms with Gasteiger partial charge in [0, 0.05) is 13.0 Å². The van der Waals surface area contributed by atoms with Crippen LogP contribution < -0.4 is 4.74 Å². The second kappa shape index (κ2) is 9.37. The van der Waals surface area contributed by atoms with Gasteiger partial charge in [-0.05, 0) is 42.0 Å². The zero-order valence-corrected chi connectivity index (χ0v) is 17.1. The molecule has 0 aliphatic rings. The zero-order chi connectivity index (χ0) is 20.8. The molecule has 3 rings (SSSR count). The minimum Gasteiger partial charge on any atom is -0.478 e. The van der Waals surface area contributed by atoms with Gasteiger partial charge in [0.15, 0.2) is 0 Å². The minimum absolute atomic E-state index is 0.301. The van der Waals surface area contributed by atoms with Crippen molar-refractivity contribution in [2.75, 3.05) is 6.61 Å². The number of aryl methyl sites for hydroxylation is 1. The number of benzene rings is 2. The van der Waals surface area contributed by atoms with Gasteiger partial charge in [-0.3, -0.25) is 0 Å². The van der Waals surface area contributed by atoms with Crippen molar-refractivity contribution < 1.29 is 14.6 Å². The van der Waals surface area contributed by atoms with Crippen LogP contribution in [0.5, 0.6) is 6.01 Å². The van der Waals surface area contributed by atoms with E-state index in [1.165, 1.54) is 0 Å². The highest BCUT2D eigenvalue weighted by Crippen LogP contribution is 2.25. The van der Waals surface area contributed by atoms with E-state index >= 15 is 0 Å². The van der Waals surface area contributed by atoms with E-state index in [9.17, 15) is 9.90 Å². The van der Waals surface area contributed by atoms with Crippen LogP contribution in [-0.2, 0) is 13.0 Å². The van der Waals surface area contributed by atoms with Crippen LogP contribution in [0, 0.1) is 5.92 Å². The van der Waals surface area contributed by atoms with Crippen molar-refractivity contribution >= 4 is 5.97 Å². The number of carboxylic acid groups (broad SMARTS) is 1. The van der Waals surface area contributed by atoms with Crippen molar-refractivity contribution in [2.45, 2.75) is 40.2 Å². The van der Waals surface area contributed by atoms with E-state index in [2.05, 4.69) is 23.9 Å². The molecule has 0 amide bonds. The normalized spacial score (nSPS) is 11.0. The summed E-state index contributed by atoms with van der Waals surface area (Å²) in [6.45, 7) is 7.63. The van der Waals surface area contributed by atoms with E-state index < -0.39 is 5.97 Å². The number of carbonyl (C=O) groups is 1. The topological polar surface area (TPSA) is 77.2 Å². The first-order valence-electron chi connectivity index (χ1n) is 9.96. The van der Waals surface area contributed by atoms with Crippen molar-refractivity contribution in [1.82, 2.24) is 14.8 Å². The van der Waals surface area contributed by atoms with Crippen LogP contribution in [0.4, 0.5) is 0 Å². The summed E-state index contributed by atoms with van der Waals surface area (Å²) in [5.41, 5.74) is 2.98. The molecular weight excluding hydrogens is 366 g/mol. The zero-order valence-electron chi connectivity index (χ0n) is 17.1. The lowest BCUT2D eigenvalue weighted by molar-refractivity contribution is 0.0697. The molecule has 0 aliphatic carbocycles. The van der Waals surface area contributed by atoms with Crippen molar-refractivity contribution in [3.05, 3.63) is 65.5 Å². The molecule has 2 aromatic carbocycles. The molecule has 6 nitrogen and oxygen atoms in total. The maximum absolute atomic E-state index is 11.5. The molecule has 0 bridgehead atoms. The summed E-state index contributed by atoms with van der Waals surface area (Å²) in [7, 11) is 0. The molecule has 0 atom stereocenters. The highest BCUT2D eigenvalue weighted by atomic mass is 16.5. The Bertz CT molecular complexity index is 962. The number of aromatic carboxylic acids is 1. The fraction of sp³-hybridized carbons (Fsp3) is 0.348. The molecule has 152 valence electrons. The van der Waals surface area contributed by atoms with Gasteiger partial charge < -0.3 is 9.84 Å². The number of aromatic nitrogens is 3. The fourth-order valence-electron chi connectivity index (χ4n) is 3.14. The average Bonchev–Trinajstić information content (AvgIpc) is 3.08. The Hall–Kier alpha value is -3.15. The number of nitrogens with zero attached hydrogens (tertiary/aromatic N) is 3. The summed E-state index contributed by atoms with van der Waals surface area (Å²) in [6.07, 6.45) is 1.66. The highest BCUT2D eigenvalue weighted by molar-refractivity contribution is 5.95. The van der Waals surface area contributed by atoms with Crippen LogP contribution >= 0.6 is 0 Å². The van der Waals surface area contributed by atoms with Crippen molar-refractivity contribution in [1.29, 1.82) is 0 Å². The SMILES string of the molecule is CCOc1nc(Cc2ccc(-c3ccccc3C(=O)O)cc2)n(CCC(C)C)n1. The third kappa shape index (κ3) is 5.22. The Balaban J connectivity index is 1.82. The summed E-state index contributed by atoms with van der Waals surface area (Å²) >= 11 is 0. The quantitative estimate of drug-likeness (QED) is 0.571. The number of hydrogen-bond acceptors (Lipinski definition) is 4. The molecule has 6 heteroatoms. The van der Waals surface area contributed by atoms with E-state index in [1.54, 1.807) is 12.1 Å². The molecule has 1 N–H and O–H groups in total. The second-order valence-corrected chi connectivity index (χ2v) is 7.37. The molecule has 0 aliphatic heterocycles. The summed E-state index contributed by atoms with van der Waals surface area (Å²) in [6, 6.07) is 15.4. The second-order valence-electron chi connectivity index (χ2n) is 7.37. The smallest absolute Gasteiger partial charge is 0.336 e. The van der Waals surface area contributed by atoms with E-state index in [0.717, 1.165) is 29.9 Å². The van der Waals surface area contributed by atoms with Gasteiger partial charge in [0.1, 0.15) is 5.82 Å². The van der Waals surface area contributed by atoms with E-state index in [1.807, 2.05) is 48.0 Å². The van der Waals surface area contributed by atoms with Crippen LogP contribution in [0.2, 0.25) is 0 Å². The van der Waals surface area contributed by atoms with Crippen LogP contribution in [0.15, 0.2) is 48.5 Å². The average molecular weight is 393 g/mol. The Morgan fingerprint density at radius 3 is 2.52 bits per heavy atom. The Morgan fingerprint density at radius 2 is 1.86 bits per heavy atom. The Labute approximate surface area is 171 Å².